The van der Waals surface area contributed by atoms with E-state index in [1.807, 2.05) is 0 Å². The molecule has 1 amide bonds. The molecule has 0 saturated heterocycles. The van der Waals surface area contributed by atoms with Crippen LogP contribution < -0.4 is 11.0 Å². The van der Waals surface area contributed by atoms with Gasteiger partial charge in [-0.05, 0) is 0 Å². The second-order valence-corrected chi connectivity index (χ2v) is 2.47. The Bertz CT molecular complexity index is 335. The number of hydrogen-bond acceptors (Lipinski definition) is 6. The lowest BCUT2D eigenvalue weighted by Crippen LogP contribution is -2.16. The average molecular weight is 201 g/mol. The molecule has 8 heteroatoms. The lowest BCUT2D eigenvalue weighted by atomic mass is 10.6. The van der Waals surface area contributed by atoms with Crippen LogP contribution in [0.3, 0.4) is 0 Å². The Morgan fingerprint density at radius 2 is 2.57 bits per heavy atom. The Balaban J connectivity index is 2.74. The number of imidazole rings is 1. The fourth-order valence-corrected chi connectivity index (χ4v) is 0.885. The van der Waals surface area contributed by atoms with E-state index in [1.165, 1.54) is 11.6 Å². The van der Waals surface area contributed by atoms with Crippen LogP contribution in [0.15, 0.2) is 6.20 Å². The van der Waals surface area contributed by atoms with E-state index in [-0.39, 0.29) is 17.7 Å². The fourth-order valence-electron chi connectivity index (χ4n) is 0.885. The summed E-state index contributed by atoms with van der Waals surface area (Å²) < 4.78 is 5.73. The summed E-state index contributed by atoms with van der Waals surface area (Å²) in [6.45, 7) is -0.153. The number of ether oxygens (including phenoxy) is 1. The Hall–Kier alpha value is -1.80. The van der Waals surface area contributed by atoms with Crippen molar-refractivity contribution in [3.8, 4) is 0 Å². The minimum atomic E-state index is -0.933. The van der Waals surface area contributed by atoms with Gasteiger partial charge in [-0.2, -0.15) is 0 Å². The second kappa shape index (κ2) is 3.94. The van der Waals surface area contributed by atoms with Crippen molar-refractivity contribution < 1.29 is 14.7 Å². The first kappa shape index (κ1) is 10.3. The number of nitrogens with zero attached hydrogens (tertiary/aromatic N) is 3. The number of rotatable bonds is 3. The van der Waals surface area contributed by atoms with Gasteiger partial charge in [-0.25, -0.2) is 9.78 Å². The molecule has 14 heavy (non-hydrogen) atoms. The number of carbonyl (C=O) groups is 1. The van der Waals surface area contributed by atoms with Crippen molar-refractivity contribution in [2.24, 2.45) is 12.8 Å². The summed E-state index contributed by atoms with van der Waals surface area (Å²) in [5, 5.41) is 18.7. The number of hydrogen-bond donors (Lipinski definition) is 2. The average Bonchev–Trinajstić information content (AvgIpc) is 2.43. The highest BCUT2D eigenvalue weighted by Crippen LogP contribution is 2.12. The van der Waals surface area contributed by atoms with E-state index in [1.54, 1.807) is 0 Å². The summed E-state index contributed by atoms with van der Waals surface area (Å²) in [4.78, 5) is 14.0. The van der Waals surface area contributed by atoms with Gasteiger partial charge in [-0.1, -0.05) is 0 Å². The zero-order valence-corrected chi connectivity index (χ0v) is 7.38. The molecule has 0 bridgehead atoms. The molecule has 78 valence electrons. The van der Waals surface area contributed by atoms with Gasteiger partial charge in [0.15, 0.2) is 6.61 Å². The quantitative estimate of drug-likeness (QED) is 0.649. The van der Waals surface area contributed by atoms with Crippen LogP contribution in [0.4, 0.5) is 10.6 Å². The van der Waals surface area contributed by atoms with E-state index >= 15 is 0 Å². The molecule has 8 nitrogen and oxygen atoms in total. The van der Waals surface area contributed by atoms with Crippen LogP contribution in [0.25, 0.3) is 0 Å². The SMILES string of the molecule is Cn1c(N([O-])O)cnc1COC(N)=O. The monoisotopic (exact) mass is 201 g/mol. The molecule has 1 aromatic heterocycles. The third-order valence-corrected chi connectivity index (χ3v) is 1.60. The number of primary amides is 1. The van der Waals surface area contributed by atoms with Crippen molar-refractivity contribution in [3.63, 3.8) is 0 Å². The Morgan fingerprint density at radius 1 is 1.93 bits per heavy atom. The molecule has 3 N–H and O–H groups in total. The van der Waals surface area contributed by atoms with Crippen LogP contribution in [-0.4, -0.2) is 20.9 Å². The van der Waals surface area contributed by atoms with Gasteiger partial charge < -0.3 is 25.5 Å². The number of carbonyl (C=O) groups excluding carboxylic acids is 1. The molecule has 0 aliphatic carbocycles. The summed E-state index contributed by atoms with van der Waals surface area (Å²) >= 11 is 0. The highest BCUT2D eigenvalue weighted by Gasteiger charge is 2.07. The van der Waals surface area contributed by atoms with Gasteiger partial charge in [-0.15, -0.1) is 0 Å². The third kappa shape index (κ3) is 2.12. The molecule has 0 aliphatic rings. The standard InChI is InChI=1S/C6H9N4O4/c1-9-4(3-14-6(7)11)8-2-5(9)10(12)13/h2,12H,3H2,1H3,(H2,7,11)/q-1. The first-order valence-corrected chi connectivity index (χ1v) is 3.61. The summed E-state index contributed by atoms with van der Waals surface area (Å²) in [6.07, 6.45) is 0.213. The minimum Gasteiger partial charge on any atom is -0.732 e. The van der Waals surface area contributed by atoms with Crippen molar-refractivity contribution in [2.75, 3.05) is 5.23 Å². The van der Waals surface area contributed by atoms with Crippen LogP contribution in [-0.2, 0) is 18.4 Å². The van der Waals surface area contributed by atoms with E-state index in [9.17, 15) is 10.0 Å². The van der Waals surface area contributed by atoms with E-state index in [0.717, 1.165) is 6.20 Å². The lowest BCUT2D eigenvalue weighted by Gasteiger charge is -2.21. The number of anilines is 1. The minimum absolute atomic E-state index is 0.0620. The molecule has 0 radical (unpaired) electrons. The smallest absolute Gasteiger partial charge is 0.404 e. The zero-order chi connectivity index (χ0) is 10.7. The highest BCUT2D eigenvalue weighted by atomic mass is 16.8. The van der Waals surface area contributed by atoms with Gasteiger partial charge in [0.25, 0.3) is 0 Å². The van der Waals surface area contributed by atoms with Crippen molar-refractivity contribution in [2.45, 2.75) is 6.61 Å². The largest absolute Gasteiger partial charge is 0.732 e. The van der Waals surface area contributed by atoms with E-state index < -0.39 is 6.09 Å². The van der Waals surface area contributed by atoms with E-state index in [2.05, 4.69) is 9.72 Å². The van der Waals surface area contributed by atoms with E-state index in [4.69, 9.17) is 10.9 Å². The predicted octanol–water partition coefficient (Wildman–Crippen LogP) is -0.291. The normalized spacial score (nSPS) is 9.93. The molecule has 0 aromatic carbocycles. The van der Waals surface area contributed by atoms with Crippen molar-refractivity contribution in [1.29, 1.82) is 0 Å². The zero-order valence-electron chi connectivity index (χ0n) is 7.38. The summed E-state index contributed by atoms with van der Waals surface area (Å²) in [5.41, 5.74) is 4.74. The fraction of sp³-hybridized carbons (Fsp3) is 0.333. The van der Waals surface area contributed by atoms with Gasteiger partial charge in [0, 0.05) is 7.05 Å². The molecule has 0 saturated carbocycles. The maximum atomic E-state index is 10.5. The molecule has 0 spiro atoms. The van der Waals surface area contributed by atoms with Crippen molar-refractivity contribution in [3.05, 3.63) is 17.2 Å². The first-order chi connectivity index (χ1) is 6.52. The lowest BCUT2D eigenvalue weighted by molar-refractivity contribution is 0.146. The molecule has 1 rings (SSSR count). The van der Waals surface area contributed by atoms with E-state index in [0.29, 0.717) is 5.82 Å². The summed E-state index contributed by atoms with van der Waals surface area (Å²) in [5.74, 6) is 0.238. The second-order valence-electron chi connectivity index (χ2n) is 2.47. The first-order valence-electron chi connectivity index (χ1n) is 3.61. The van der Waals surface area contributed by atoms with Gasteiger partial charge >= 0.3 is 6.09 Å². The Kier molecular flexibility index (Phi) is 2.89. The molecular weight excluding hydrogens is 192 g/mol. The predicted molar refractivity (Wildman–Crippen MR) is 45.2 cm³/mol. The molecule has 1 aromatic rings. The van der Waals surface area contributed by atoms with Gasteiger partial charge in [0.2, 0.25) is 0 Å². The van der Waals surface area contributed by atoms with Crippen LogP contribution in [0, 0.1) is 5.21 Å². The number of amides is 1. The molecule has 0 aliphatic heterocycles. The van der Waals surface area contributed by atoms with Crippen LogP contribution in [0.1, 0.15) is 5.82 Å². The van der Waals surface area contributed by atoms with Crippen molar-refractivity contribution >= 4 is 11.9 Å². The molecular formula is C6H9N4O4-. The molecule has 0 unspecified atom stereocenters. The van der Waals surface area contributed by atoms with Crippen LogP contribution >= 0.6 is 0 Å². The van der Waals surface area contributed by atoms with Crippen molar-refractivity contribution in [1.82, 2.24) is 9.55 Å². The third-order valence-electron chi connectivity index (χ3n) is 1.60. The topological polar surface area (TPSA) is 117 Å². The Morgan fingerprint density at radius 3 is 3.00 bits per heavy atom. The summed E-state index contributed by atoms with van der Waals surface area (Å²) in [6, 6.07) is 0. The van der Waals surface area contributed by atoms with Gasteiger partial charge in [0.05, 0.1) is 6.20 Å². The van der Waals surface area contributed by atoms with Gasteiger partial charge in [-0.3, -0.25) is 5.21 Å². The molecule has 0 fully saturated rings. The molecule has 1 heterocycles. The highest BCUT2D eigenvalue weighted by molar-refractivity contribution is 5.64. The Labute approximate surface area is 79.0 Å². The van der Waals surface area contributed by atoms with Crippen LogP contribution in [0.5, 0.6) is 0 Å². The summed E-state index contributed by atoms with van der Waals surface area (Å²) in [7, 11) is 1.49. The van der Waals surface area contributed by atoms with Gasteiger partial charge in [0.1, 0.15) is 11.6 Å². The number of aromatic nitrogens is 2. The van der Waals surface area contributed by atoms with Crippen LogP contribution in [0.2, 0.25) is 0 Å². The maximum Gasteiger partial charge on any atom is 0.404 e. The molecule has 0 atom stereocenters. The maximum absolute atomic E-state index is 10.5. The number of nitrogens with two attached hydrogens (primary N) is 1.